The number of benzene rings is 4. The Labute approximate surface area is 231 Å². The molecule has 0 amide bonds. The third-order valence-corrected chi connectivity index (χ3v) is 8.56. The third-order valence-electron chi connectivity index (χ3n) is 8.56. The van der Waals surface area contributed by atoms with Crippen LogP contribution in [0.1, 0.15) is 5.56 Å². The van der Waals surface area contributed by atoms with E-state index in [1.807, 2.05) is 0 Å². The van der Waals surface area contributed by atoms with Crippen LogP contribution >= 0.6 is 0 Å². The van der Waals surface area contributed by atoms with Crippen LogP contribution in [0.2, 0.25) is 0 Å². The first-order valence-electron chi connectivity index (χ1n) is 13.8. The van der Waals surface area contributed by atoms with Gasteiger partial charge in [0.15, 0.2) is 18.9 Å². The van der Waals surface area contributed by atoms with Crippen LogP contribution in [-0.2, 0) is 6.54 Å². The maximum atomic E-state index is 2.41. The lowest BCUT2D eigenvalue weighted by atomic mass is 9.95. The third kappa shape index (κ3) is 2.89. The van der Waals surface area contributed by atoms with Crippen LogP contribution < -0.4 is 8.97 Å². The fraction of sp³-hybridized carbons (Fsp3) is 0.0270. The fourth-order valence-electron chi connectivity index (χ4n) is 6.87. The number of pyridine rings is 3. The van der Waals surface area contributed by atoms with Gasteiger partial charge in [-0.3, -0.25) is 0 Å². The Morgan fingerprint density at radius 1 is 0.525 bits per heavy atom. The van der Waals surface area contributed by atoms with Gasteiger partial charge in [0.05, 0.1) is 33.1 Å². The molecule has 0 aliphatic carbocycles. The van der Waals surface area contributed by atoms with Crippen molar-refractivity contribution >= 4 is 38.1 Å². The van der Waals surface area contributed by atoms with Gasteiger partial charge in [-0.2, -0.15) is 8.97 Å². The lowest BCUT2D eigenvalue weighted by Gasteiger charge is -2.12. The highest BCUT2D eigenvalue weighted by molar-refractivity contribution is 6.10. The van der Waals surface area contributed by atoms with Crippen molar-refractivity contribution in [3.05, 3.63) is 145 Å². The maximum absolute atomic E-state index is 2.41. The molecule has 0 fully saturated rings. The summed E-state index contributed by atoms with van der Waals surface area (Å²) in [6.07, 6.45) is 4.43. The minimum atomic E-state index is 0.809. The molecular weight excluding hydrogens is 486 g/mol. The second-order valence-corrected chi connectivity index (χ2v) is 10.6. The highest BCUT2D eigenvalue weighted by Crippen LogP contribution is 2.39. The Hall–Kier alpha value is -5.28. The predicted molar refractivity (Wildman–Crippen MR) is 162 cm³/mol. The Morgan fingerprint density at radius 3 is 2.02 bits per heavy atom. The van der Waals surface area contributed by atoms with E-state index in [1.54, 1.807) is 0 Å². The highest BCUT2D eigenvalue weighted by Gasteiger charge is 2.33. The van der Waals surface area contributed by atoms with Crippen LogP contribution in [0.4, 0.5) is 0 Å². The fourth-order valence-corrected chi connectivity index (χ4v) is 6.87. The summed E-state index contributed by atoms with van der Waals surface area (Å²) in [6.45, 7) is 0.809. The SMILES string of the molecule is c1ccc2c(c1)-c1cccc[n+]1Cc1c-2[n+]2ccccc2c2cc(-n3c4ccccc4c4ccccc43)ccc12. The molecule has 40 heavy (non-hydrogen) atoms. The zero-order valence-corrected chi connectivity index (χ0v) is 21.8. The molecule has 186 valence electrons. The summed E-state index contributed by atoms with van der Waals surface area (Å²) in [4.78, 5) is 0. The molecule has 8 aromatic rings. The standard InChI is InChI=1S/C37H25N3/c1-2-14-30-29(13-1)33-15-7-9-21-38(33)24-32-26-20-19-25(23-31(26)34-16-8-10-22-39(34)37(30)32)40-35-17-5-3-11-27(35)28-12-4-6-18-36(28)40/h1-23H,24H2/q+2. The van der Waals surface area contributed by atoms with Crippen LogP contribution in [0.15, 0.2) is 140 Å². The van der Waals surface area contributed by atoms with E-state index in [1.165, 1.54) is 71.9 Å². The minimum Gasteiger partial charge on any atom is -0.309 e. The van der Waals surface area contributed by atoms with Gasteiger partial charge in [0.1, 0.15) is 0 Å². The smallest absolute Gasteiger partial charge is 0.229 e. The van der Waals surface area contributed by atoms with Crippen molar-refractivity contribution in [3.8, 4) is 28.2 Å². The van der Waals surface area contributed by atoms with E-state index in [0.29, 0.717) is 0 Å². The van der Waals surface area contributed by atoms with Crippen LogP contribution in [0.3, 0.4) is 0 Å². The van der Waals surface area contributed by atoms with Gasteiger partial charge in [-0.1, -0.05) is 54.6 Å². The van der Waals surface area contributed by atoms with E-state index >= 15 is 0 Å². The predicted octanol–water partition coefficient (Wildman–Crippen LogP) is 7.66. The summed E-state index contributed by atoms with van der Waals surface area (Å²) in [6, 6.07) is 46.4. The molecule has 0 radical (unpaired) electrons. The van der Waals surface area contributed by atoms with Gasteiger partial charge in [-0.15, -0.1) is 0 Å². The van der Waals surface area contributed by atoms with E-state index in [0.717, 1.165) is 6.54 Å². The molecule has 4 aromatic carbocycles. The minimum absolute atomic E-state index is 0.809. The van der Waals surface area contributed by atoms with Crippen molar-refractivity contribution < 1.29 is 8.97 Å². The average Bonchev–Trinajstić information content (AvgIpc) is 3.27. The van der Waals surface area contributed by atoms with Crippen LogP contribution in [-0.4, -0.2) is 4.57 Å². The summed E-state index contributed by atoms with van der Waals surface area (Å²) in [5.74, 6) is 0. The van der Waals surface area contributed by atoms with Crippen molar-refractivity contribution in [3.63, 3.8) is 0 Å². The summed E-state index contributed by atoms with van der Waals surface area (Å²) in [5, 5.41) is 5.12. The van der Waals surface area contributed by atoms with Gasteiger partial charge in [-0.05, 0) is 48.5 Å². The molecule has 3 nitrogen and oxygen atoms in total. The van der Waals surface area contributed by atoms with Crippen LogP contribution in [0.5, 0.6) is 0 Å². The topological polar surface area (TPSA) is 12.9 Å². The Kier molecular flexibility index (Phi) is 4.39. The number of aromatic nitrogens is 3. The van der Waals surface area contributed by atoms with Gasteiger partial charge in [0, 0.05) is 46.1 Å². The normalized spacial score (nSPS) is 12.4. The van der Waals surface area contributed by atoms with Gasteiger partial charge >= 0.3 is 0 Å². The molecule has 0 saturated heterocycles. The molecule has 0 bridgehead atoms. The molecule has 1 aliphatic heterocycles. The number of nitrogens with zero attached hydrogens (tertiary/aromatic N) is 3. The van der Waals surface area contributed by atoms with Gasteiger partial charge in [0.2, 0.25) is 16.9 Å². The van der Waals surface area contributed by atoms with Crippen molar-refractivity contribution in [1.82, 2.24) is 4.57 Å². The van der Waals surface area contributed by atoms with E-state index in [-0.39, 0.29) is 0 Å². The second-order valence-electron chi connectivity index (χ2n) is 10.6. The highest BCUT2D eigenvalue weighted by atomic mass is 15.0. The number of fused-ring (bicyclic) bond motifs is 13. The molecule has 3 heteroatoms. The molecular formula is C37H25N3+2. The van der Waals surface area contributed by atoms with Gasteiger partial charge in [-0.25, -0.2) is 0 Å². The van der Waals surface area contributed by atoms with E-state index in [9.17, 15) is 0 Å². The number of rotatable bonds is 1. The van der Waals surface area contributed by atoms with E-state index < -0.39 is 0 Å². The molecule has 0 atom stereocenters. The van der Waals surface area contributed by atoms with Crippen molar-refractivity contribution in [2.24, 2.45) is 0 Å². The quantitative estimate of drug-likeness (QED) is 0.159. The molecule has 0 unspecified atom stereocenters. The molecule has 4 aromatic heterocycles. The Bertz CT molecular complexity index is 2250. The van der Waals surface area contributed by atoms with Crippen molar-refractivity contribution in [2.45, 2.75) is 6.54 Å². The first-order chi connectivity index (χ1) is 19.9. The van der Waals surface area contributed by atoms with Crippen molar-refractivity contribution in [2.75, 3.05) is 0 Å². The molecule has 0 N–H and O–H groups in total. The number of hydrogen-bond donors (Lipinski definition) is 0. The lowest BCUT2D eigenvalue weighted by Crippen LogP contribution is -2.36. The zero-order valence-electron chi connectivity index (χ0n) is 21.8. The zero-order chi connectivity index (χ0) is 26.2. The van der Waals surface area contributed by atoms with Gasteiger partial charge in [0.25, 0.3) is 0 Å². The van der Waals surface area contributed by atoms with E-state index in [4.69, 9.17) is 0 Å². The van der Waals surface area contributed by atoms with Crippen molar-refractivity contribution in [1.29, 1.82) is 0 Å². The maximum Gasteiger partial charge on any atom is 0.229 e. The molecule has 0 spiro atoms. The number of hydrogen-bond acceptors (Lipinski definition) is 0. The monoisotopic (exact) mass is 511 g/mol. The molecule has 0 saturated carbocycles. The first-order valence-corrected chi connectivity index (χ1v) is 13.8. The Morgan fingerprint density at radius 2 is 1.20 bits per heavy atom. The van der Waals surface area contributed by atoms with Crippen LogP contribution in [0.25, 0.3) is 66.3 Å². The summed E-state index contributed by atoms with van der Waals surface area (Å²) in [5.41, 5.74) is 11.2. The molecule has 5 heterocycles. The molecule has 1 aliphatic rings. The Balaban J connectivity index is 1.42. The largest absolute Gasteiger partial charge is 0.309 e. The summed E-state index contributed by atoms with van der Waals surface area (Å²) in [7, 11) is 0. The van der Waals surface area contributed by atoms with Gasteiger partial charge < -0.3 is 4.57 Å². The number of para-hydroxylation sites is 2. The summed E-state index contributed by atoms with van der Waals surface area (Å²) >= 11 is 0. The average molecular weight is 512 g/mol. The second kappa shape index (κ2) is 8.11. The van der Waals surface area contributed by atoms with E-state index in [2.05, 4.69) is 153 Å². The lowest BCUT2D eigenvalue weighted by molar-refractivity contribution is -0.677. The summed E-state index contributed by atoms with van der Waals surface area (Å²) < 4.78 is 7.20. The molecule has 9 rings (SSSR count). The first kappa shape index (κ1) is 21.6. The van der Waals surface area contributed by atoms with Crippen LogP contribution in [0, 0.1) is 0 Å².